The maximum Gasteiger partial charge on any atom is 0.257 e. The van der Waals surface area contributed by atoms with Gasteiger partial charge in [-0.1, -0.05) is 15.9 Å². The number of aliphatic hydroxyl groups is 1. The largest absolute Gasteiger partial charge is 0.392 e. The average Bonchev–Trinajstić information content (AvgIpc) is 3.09. The Hall–Kier alpha value is 1.46. The van der Waals surface area contributed by atoms with Gasteiger partial charge in [0, 0.05) is 16.5 Å². The van der Waals surface area contributed by atoms with Crippen LogP contribution in [0.4, 0.5) is 17.6 Å². The molecule has 0 spiro atoms. The molecule has 16 heteroatoms. The topological polar surface area (TPSA) is 55.9 Å². The van der Waals surface area contributed by atoms with Gasteiger partial charge in [0.2, 0.25) is 0 Å². The molecule has 0 unspecified atom stereocenters. The number of aliphatic hydroxyl groups excluding tert-OH is 1. The maximum absolute atomic E-state index is 11.9. The Morgan fingerprint density at radius 3 is 1.45 bits per heavy atom. The third-order valence-electron chi connectivity index (χ3n) is 2.63. The molecular weight excluding hydrogens is 863 g/mol. The van der Waals surface area contributed by atoms with Gasteiger partial charge in [0.1, 0.15) is 22.3 Å². The highest BCUT2D eigenvalue weighted by Gasteiger charge is 2.12. The first-order chi connectivity index (χ1) is 13.3. The first kappa shape index (κ1) is 30.5. The number of aromatic nitrogens is 4. The summed E-state index contributed by atoms with van der Waals surface area (Å²) in [6.07, 6.45) is -1.90. The summed E-state index contributed by atoms with van der Waals surface area (Å²) in [7, 11) is 0. The van der Waals surface area contributed by atoms with Crippen LogP contribution in [-0.4, -0.2) is 38.6 Å². The molecule has 5 nitrogen and oxygen atoms in total. The third-order valence-corrected chi connectivity index (χ3v) is 5.07. The van der Waals surface area contributed by atoms with Gasteiger partial charge in [-0.3, -0.25) is 9.36 Å². The van der Waals surface area contributed by atoms with Gasteiger partial charge < -0.3 is 5.11 Å². The van der Waals surface area contributed by atoms with Crippen molar-refractivity contribution in [3.63, 3.8) is 0 Å². The fourth-order valence-corrected chi connectivity index (χ4v) is 3.26. The molecule has 2 heterocycles. The summed E-state index contributed by atoms with van der Waals surface area (Å²) in [6.45, 7) is -1.03. The van der Waals surface area contributed by atoms with Crippen LogP contribution in [0.5, 0.6) is 0 Å². The third kappa shape index (κ3) is 14.3. The highest BCUT2D eigenvalue weighted by molar-refractivity contribution is 9.52. The molecular formula is C13H13Br7F4N4O. The van der Waals surface area contributed by atoms with Crippen LogP contribution in [0.2, 0.25) is 0 Å². The lowest BCUT2D eigenvalue weighted by molar-refractivity contribution is 0.120. The number of hydrogen-bond acceptors (Lipinski definition) is 3. The van der Waals surface area contributed by atoms with Crippen molar-refractivity contribution in [2.75, 3.05) is 0 Å². The molecule has 0 aliphatic carbocycles. The average molecular weight is 877 g/mol. The van der Waals surface area contributed by atoms with E-state index >= 15 is 0 Å². The number of alkyl halides is 9. The van der Waals surface area contributed by atoms with Crippen molar-refractivity contribution in [2.45, 2.75) is 38.9 Å². The fraction of sp³-hybridized carbons (Fsp3) is 0.538. The molecule has 0 amide bonds. The van der Waals surface area contributed by atoms with Gasteiger partial charge in [0.05, 0.1) is 19.0 Å². The summed E-state index contributed by atoms with van der Waals surface area (Å²) in [4.78, 5) is 0. The zero-order chi connectivity index (χ0) is 22.8. The molecule has 0 aliphatic heterocycles. The van der Waals surface area contributed by atoms with Crippen molar-refractivity contribution in [3.8, 4) is 0 Å². The van der Waals surface area contributed by atoms with Gasteiger partial charge in [-0.05, 0) is 95.6 Å². The fourth-order valence-electron chi connectivity index (χ4n) is 1.53. The summed E-state index contributed by atoms with van der Waals surface area (Å²) in [6, 6.07) is 0. The second-order valence-electron chi connectivity index (χ2n) is 4.79. The van der Waals surface area contributed by atoms with Crippen LogP contribution >= 0.6 is 112 Å². The van der Waals surface area contributed by atoms with Crippen LogP contribution in [0, 0.1) is 0 Å². The van der Waals surface area contributed by atoms with Crippen molar-refractivity contribution in [1.82, 2.24) is 19.6 Å². The Labute approximate surface area is 223 Å². The molecule has 168 valence electrons. The van der Waals surface area contributed by atoms with E-state index in [2.05, 4.69) is 122 Å². The SMILES string of the molecule is BrC(Br)(Br)Br.FC(F)Cn1ncc(CBr)c1Br.OCc1cnn(CC(F)F)c1Br. The monoisotopic (exact) mass is 870 g/mol. The predicted octanol–water partition coefficient (Wildman–Crippen LogP) is 7.39. The summed E-state index contributed by atoms with van der Waals surface area (Å²) in [5.74, 6) is 0. The molecule has 0 aliphatic rings. The Balaban J connectivity index is 0.000000442. The lowest BCUT2D eigenvalue weighted by Gasteiger charge is -2.01. The van der Waals surface area contributed by atoms with Crippen molar-refractivity contribution in [2.24, 2.45) is 0 Å². The van der Waals surface area contributed by atoms with Gasteiger partial charge in [-0.15, -0.1) is 0 Å². The van der Waals surface area contributed by atoms with Gasteiger partial charge in [-0.2, -0.15) is 10.2 Å². The van der Waals surface area contributed by atoms with E-state index in [0.717, 1.165) is 10.2 Å². The second-order valence-corrected chi connectivity index (χ2v) is 18.0. The minimum Gasteiger partial charge on any atom is -0.392 e. The molecule has 1 N–H and O–H groups in total. The summed E-state index contributed by atoms with van der Waals surface area (Å²) in [5.41, 5.74) is 1.38. The summed E-state index contributed by atoms with van der Waals surface area (Å²) in [5, 5.41) is 16.7. The van der Waals surface area contributed by atoms with E-state index in [4.69, 9.17) is 5.11 Å². The van der Waals surface area contributed by atoms with Gasteiger partial charge in [0.25, 0.3) is 12.9 Å². The van der Waals surface area contributed by atoms with E-state index in [0.29, 0.717) is 20.1 Å². The lowest BCUT2D eigenvalue weighted by atomic mass is 10.4. The number of rotatable bonds is 6. The molecule has 0 aromatic carbocycles. The second kappa shape index (κ2) is 15.3. The minimum absolute atomic E-state index is 0.205. The smallest absolute Gasteiger partial charge is 0.257 e. The highest BCUT2D eigenvalue weighted by atomic mass is 80.0. The van der Waals surface area contributed by atoms with Crippen molar-refractivity contribution in [1.29, 1.82) is 0 Å². The number of halogens is 11. The minimum atomic E-state index is -2.44. The van der Waals surface area contributed by atoms with Crippen molar-refractivity contribution in [3.05, 3.63) is 32.7 Å². The van der Waals surface area contributed by atoms with E-state index in [9.17, 15) is 17.6 Å². The molecule has 0 saturated heterocycles. The number of hydrogen-bond donors (Lipinski definition) is 1. The van der Waals surface area contributed by atoms with Crippen LogP contribution < -0.4 is 0 Å². The predicted molar refractivity (Wildman–Crippen MR) is 129 cm³/mol. The normalized spacial score (nSPS) is 11.2. The van der Waals surface area contributed by atoms with Crippen LogP contribution in [0.15, 0.2) is 21.6 Å². The highest BCUT2D eigenvalue weighted by Crippen LogP contribution is 2.39. The molecule has 29 heavy (non-hydrogen) atoms. The Morgan fingerprint density at radius 1 is 0.862 bits per heavy atom. The molecule has 2 rings (SSSR count). The summed E-state index contributed by atoms with van der Waals surface area (Å²) >= 11 is 21.9. The molecule has 0 fully saturated rings. The van der Waals surface area contributed by atoms with Crippen LogP contribution in [0.25, 0.3) is 0 Å². The molecule has 0 bridgehead atoms. The van der Waals surface area contributed by atoms with E-state index in [1.54, 1.807) is 6.20 Å². The molecule has 0 atom stereocenters. The zero-order valence-corrected chi connectivity index (χ0v) is 25.1. The van der Waals surface area contributed by atoms with Crippen LogP contribution in [0.1, 0.15) is 11.1 Å². The maximum atomic E-state index is 11.9. The van der Waals surface area contributed by atoms with E-state index < -0.39 is 19.4 Å². The van der Waals surface area contributed by atoms with Gasteiger partial charge in [0.15, 0.2) is 1.05 Å². The van der Waals surface area contributed by atoms with Gasteiger partial charge in [-0.25, -0.2) is 17.6 Å². The van der Waals surface area contributed by atoms with Crippen molar-refractivity contribution >= 4 is 112 Å². The van der Waals surface area contributed by atoms with E-state index in [1.165, 1.54) is 10.9 Å². The summed E-state index contributed by atoms with van der Waals surface area (Å²) < 4.78 is 50.7. The quantitative estimate of drug-likeness (QED) is 0.244. The van der Waals surface area contributed by atoms with Crippen LogP contribution in [-0.2, 0) is 25.0 Å². The standard InChI is InChI=1S/C6H6Br2F2N2.C6H7BrF2N2O.CBr4/c7-1-4-2-11-12(6(4)8)3-5(9)10;7-6-4(3-12)1-10-11(6)2-5(8)9;2-1(3,4)5/h2,5H,1,3H2;1,5,12H,2-3H2;. The van der Waals surface area contributed by atoms with E-state index in [1.807, 2.05) is 0 Å². The molecule has 0 radical (unpaired) electrons. The Bertz CT molecular complexity index is 664. The first-order valence-corrected chi connectivity index (χ1v) is 13.1. The van der Waals surface area contributed by atoms with Crippen molar-refractivity contribution < 1.29 is 22.7 Å². The Morgan fingerprint density at radius 2 is 1.21 bits per heavy atom. The van der Waals surface area contributed by atoms with Gasteiger partial charge >= 0.3 is 0 Å². The first-order valence-electron chi connectivity index (χ1n) is 7.19. The number of nitrogens with zero attached hydrogens (tertiary/aromatic N) is 4. The Kier molecular flexibility index (Phi) is 16.1. The molecule has 2 aromatic rings. The lowest BCUT2D eigenvalue weighted by Crippen LogP contribution is -2.08. The van der Waals surface area contributed by atoms with E-state index in [-0.39, 0.29) is 14.2 Å². The van der Waals surface area contributed by atoms with Crippen LogP contribution in [0.3, 0.4) is 0 Å². The molecule has 2 aromatic heterocycles. The molecule has 0 saturated carbocycles. The zero-order valence-electron chi connectivity index (χ0n) is 14.0.